The molecule has 5 nitrogen and oxygen atoms in total. The SMILES string of the molecule is CCC(NCCCC(=O)OC(C)(C)C)C(N)=O. The summed E-state index contributed by atoms with van der Waals surface area (Å²) in [5.41, 5.74) is 4.74. The molecule has 0 aliphatic heterocycles. The lowest BCUT2D eigenvalue weighted by Gasteiger charge is -2.19. The van der Waals surface area contributed by atoms with Crippen LogP contribution in [0.25, 0.3) is 0 Å². The van der Waals surface area contributed by atoms with Crippen molar-refractivity contribution in [1.29, 1.82) is 0 Å². The maximum Gasteiger partial charge on any atom is 0.306 e. The molecule has 0 saturated heterocycles. The number of rotatable bonds is 7. The summed E-state index contributed by atoms with van der Waals surface area (Å²) in [6.45, 7) is 7.98. The zero-order valence-electron chi connectivity index (χ0n) is 11.2. The van der Waals surface area contributed by atoms with Crippen molar-refractivity contribution in [2.24, 2.45) is 5.73 Å². The second-order valence-electron chi connectivity index (χ2n) is 5.01. The first-order valence-corrected chi connectivity index (χ1v) is 6.00. The van der Waals surface area contributed by atoms with Crippen LogP contribution >= 0.6 is 0 Å². The first-order valence-electron chi connectivity index (χ1n) is 6.00. The summed E-state index contributed by atoms with van der Waals surface area (Å²) < 4.78 is 5.16. The highest BCUT2D eigenvalue weighted by atomic mass is 16.6. The summed E-state index contributed by atoms with van der Waals surface area (Å²) in [5, 5.41) is 3.00. The van der Waals surface area contributed by atoms with E-state index in [0.717, 1.165) is 0 Å². The van der Waals surface area contributed by atoms with Crippen molar-refractivity contribution in [1.82, 2.24) is 5.32 Å². The van der Waals surface area contributed by atoms with Crippen molar-refractivity contribution in [3.05, 3.63) is 0 Å². The highest BCUT2D eigenvalue weighted by Gasteiger charge is 2.16. The van der Waals surface area contributed by atoms with Crippen LogP contribution in [0.5, 0.6) is 0 Å². The van der Waals surface area contributed by atoms with Gasteiger partial charge in [-0.2, -0.15) is 0 Å². The van der Waals surface area contributed by atoms with Crippen molar-refractivity contribution in [3.63, 3.8) is 0 Å². The number of amides is 1. The lowest BCUT2D eigenvalue weighted by Crippen LogP contribution is -2.41. The summed E-state index contributed by atoms with van der Waals surface area (Å²) >= 11 is 0. The van der Waals surface area contributed by atoms with Crippen LogP contribution in [0.2, 0.25) is 0 Å². The Morgan fingerprint density at radius 1 is 1.35 bits per heavy atom. The van der Waals surface area contributed by atoms with Gasteiger partial charge in [-0.3, -0.25) is 9.59 Å². The molecule has 5 heteroatoms. The Morgan fingerprint density at radius 2 is 1.94 bits per heavy atom. The van der Waals surface area contributed by atoms with Gasteiger partial charge in [0.05, 0.1) is 6.04 Å². The molecule has 0 bridgehead atoms. The quantitative estimate of drug-likeness (QED) is 0.516. The highest BCUT2D eigenvalue weighted by Crippen LogP contribution is 2.08. The third kappa shape index (κ3) is 8.68. The fourth-order valence-corrected chi connectivity index (χ4v) is 1.35. The van der Waals surface area contributed by atoms with Crippen LogP contribution in [-0.4, -0.2) is 30.1 Å². The minimum absolute atomic E-state index is 0.216. The molecule has 0 rings (SSSR count). The second-order valence-corrected chi connectivity index (χ2v) is 5.01. The predicted molar refractivity (Wildman–Crippen MR) is 66.4 cm³/mol. The average Bonchev–Trinajstić information content (AvgIpc) is 2.14. The van der Waals surface area contributed by atoms with Gasteiger partial charge in [-0.1, -0.05) is 6.92 Å². The zero-order valence-corrected chi connectivity index (χ0v) is 11.2. The summed E-state index contributed by atoms with van der Waals surface area (Å²) in [7, 11) is 0. The van der Waals surface area contributed by atoms with Crippen molar-refractivity contribution >= 4 is 11.9 Å². The monoisotopic (exact) mass is 244 g/mol. The van der Waals surface area contributed by atoms with Crippen LogP contribution in [0.15, 0.2) is 0 Å². The minimum atomic E-state index is -0.441. The standard InChI is InChI=1S/C12H24N2O3/c1-5-9(11(13)16)14-8-6-7-10(15)17-12(2,3)4/h9,14H,5-8H2,1-4H3,(H2,13,16). The Balaban J connectivity index is 3.71. The summed E-state index contributed by atoms with van der Waals surface area (Å²) in [4.78, 5) is 22.3. The van der Waals surface area contributed by atoms with E-state index >= 15 is 0 Å². The maximum atomic E-state index is 11.4. The van der Waals surface area contributed by atoms with Crippen LogP contribution in [0, 0.1) is 0 Å². The molecule has 1 amide bonds. The fourth-order valence-electron chi connectivity index (χ4n) is 1.35. The second kappa shape index (κ2) is 7.27. The summed E-state index contributed by atoms with van der Waals surface area (Å²) in [5.74, 6) is -0.573. The summed E-state index contributed by atoms with van der Waals surface area (Å²) in [6, 6.07) is -0.311. The third-order valence-corrected chi connectivity index (χ3v) is 2.12. The van der Waals surface area contributed by atoms with Gasteiger partial charge in [0.25, 0.3) is 0 Å². The lowest BCUT2D eigenvalue weighted by atomic mass is 10.2. The molecule has 0 aromatic heterocycles. The molecule has 0 saturated carbocycles. The molecule has 1 atom stereocenters. The van der Waals surface area contributed by atoms with Crippen LogP contribution < -0.4 is 11.1 Å². The zero-order chi connectivity index (χ0) is 13.5. The highest BCUT2D eigenvalue weighted by molar-refractivity contribution is 5.79. The molecular weight excluding hydrogens is 220 g/mol. The molecule has 100 valence electrons. The van der Waals surface area contributed by atoms with Crippen molar-refractivity contribution in [2.45, 2.75) is 58.6 Å². The molecule has 0 radical (unpaired) electrons. The smallest absolute Gasteiger partial charge is 0.306 e. The van der Waals surface area contributed by atoms with Gasteiger partial charge in [0, 0.05) is 6.42 Å². The molecule has 0 aliphatic rings. The Hall–Kier alpha value is -1.10. The first-order chi connectivity index (χ1) is 7.76. The molecule has 0 aliphatic carbocycles. The van der Waals surface area contributed by atoms with Crippen molar-refractivity contribution in [3.8, 4) is 0 Å². The number of carbonyl (C=O) groups excluding carboxylic acids is 2. The van der Waals surface area contributed by atoms with Crippen LogP contribution in [-0.2, 0) is 14.3 Å². The van der Waals surface area contributed by atoms with Gasteiger partial charge in [0.1, 0.15) is 5.60 Å². The van der Waals surface area contributed by atoms with E-state index < -0.39 is 5.60 Å². The fraction of sp³-hybridized carbons (Fsp3) is 0.833. The number of nitrogens with two attached hydrogens (primary N) is 1. The molecule has 0 fully saturated rings. The normalized spacial score (nSPS) is 13.2. The van der Waals surface area contributed by atoms with E-state index in [2.05, 4.69) is 5.32 Å². The molecule has 1 unspecified atom stereocenters. The number of carbonyl (C=O) groups is 2. The average molecular weight is 244 g/mol. The van der Waals surface area contributed by atoms with E-state index in [1.54, 1.807) is 0 Å². The number of primary amides is 1. The Kier molecular flexibility index (Phi) is 6.80. The molecule has 17 heavy (non-hydrogen) atoms. The van der Waals surface area contributed by atoms with Crippen molar-refractivity contribution < 1.29 is 14.3 Å². The number of esters is 1. The lowest BCUT2D eigenvalue weighted by molar-refractivity contribution is -0.154. The van der Waals surface area contributed by atoms with Gasteiger partial charge in [-0.15, -0.1) is 0 Å². The van der Waals surface area contributed by atoms with Gasteiger partial charge in [-0.05, 0) is 40.2 Å². The molecular formula is C12H24N2O3. The van der Waals surface area contributed by atoms with Gasteiger partial charge >= 0.3 is 5.97 Å². The van der Waals surface area contributed by atoms with Crippen LogP contribution in [0.3, 0.4) is 0 Å². The Bertz CT molecular complexity index is 259. The third-order valence-electron chi connectivity index (χ3n) is 2.12. The number of hydrogen-bond acceptors (Lipinski definition) is 4. The van der Waals surface area contributed by atoms with Crippen LogP contribution in [0.1, 0.15) is 47.0 Å². The van der Waals surface area contributed by atoms with Gasteiger partial charge in [-0.25, -0.2) is 0 Å². The van der Waals surface area contributed by atoms with E-state index in [-0.39, 0.29) is 17.9 Å². The summed E-state index contributed by atoms with van der Waals surface area (Å²) in [6.07, 6.45) is 1.64. The Labute approximate surface area is 103 Å². The number of ether oxygens (including phenoxy) is 1. The Morgan fingerprint density at radius 3 is 2.35 bits per heavy atom. The van der Waals surface area contributed by atoms with Gasteiger partial charge < -0.3 is 15.8 Å². The number of nitrogens with one attached hydrogen (secondary N) is 1. The predicted octanol–water partition coefficient (Wildman–Crippen LogP) is 0.962. The first kappa shape index (κ1) is 15.9. The molecule has 3 N–H and O–H groups in total. The minimum Gasteiger partial charge on any atom is -0.460 e. The van der Waals surface area contributed by atoms with E-state index in [1.165, 1.54) is 0 Å². The van der Waals surface area contributed by atoms with Crippen molar-refractivity contribution in [2.75, 3.05) is 6.54 Å². The van der Waals surface area contributed by atoms with Gasteiger partial charge in [0.15, 0.2) is 0 Å². The maximum absolute atomic E-state index is 11.4. The molecule has 0 spiro atoms. The van der Waals surface area contributed by atoms with Crippen LogP contribution in [0.4, 0.5) is 0 Å². The van der Waals surface area contributed by atoms with E-state index in [4.69, 9.17) is 10.5 Å². The topological polar surface area (TPSA) is 81.4 Å². The van der Waals surface area contributed by atoms with E-state index in [1.807, 2.05) is 27.7 Å². The molecule has 0 aromatic carbocycles. The molecule has 0 aromatic rings. The molecule has 0 heterocycles. The number of hydrogen-bond donors (Lipinski definition) is 2. The van der Waals surface area contributed by atoms with E-state index in [9.17, 15) is 9.59 Å². The van der Waals surface area contributed by atoms with Gasteiger partial charge in [0.2, 0.25) is 5.91 Å². The van der Waals surface area contributed by atoms with E-state index in [0.29, 0.717) is 25.8 Å². The largest absolute Gasteiger partial charge is 0.460 e.